The molecule has 7 nitrogen and oxygen atoms in total. The fourth-order valence-electron chi connectivity index (χ4n) is 2.06. The van der Waals surface area contributed by atoms with E-state index >= 15 is 0 Å². The summed E-state index contributed by atoms with van der Waals surface area (Å²) in [6.45, 7) is 3.13. The molecule has 2 heterocycles. The van der Waals surface area contributed by atoms with Crippen molar-refractivity contribution in [1.29, 1.82) is 0 Å². The van der Waals surface area contributed by atoms with E-state index in [0.717, 1.165) is 20.5 Å². The first-order chi connectivity index (χ1) is 11.5. The standard InChI is InChI=1S/C14H16ClN3O4S3/c1-7-8(2)23-14(12(7)13(16)20)17-10(19)6-18(3)25(21,22)11-5-4-9(15)24-11/h4-5H,6H2,1-3H3,(H2,16,20)(H,17,19). The van der Waals surface area contributed by atoms with Crippen molar-refractivity contribution in [1.82, 2.24) is 4.31 Å². The number of carbonyl (C=O) groups is 2. The largest absolute Gasteiger partial charge is 0.365 e. The lowest BCUT2D eigenvalue weighted by atomic mass is 10.1. The zero-order valence-corrected chi connectivity index (χ0v) is 16.8. The van der Waals surface area contributed by atoms with Crippen LogP contribution in [0, 0.1) is 13.8 Å². The number of nitrogens with one attached hydrogen (secondary N) is 1. The minimum Gasteiger partial charge on any atom is -0.365 e. The Kier molecular flexibility index (Phi) is 5.89. The molecule has 0 unspecified atom stereocenters. The van der Waals surface area contributed by atoms with Crippen LogP contribution >= 0.6 is 34.3 Å². The Bertz CT molecular complexity index is 933. The van der Waals surface area contributed by atoms with E-state index in [4.69, 9.17) is 17.3 Å². The highest BCUT2D eigenvalue weighted by molar-refractivity contribution is 7.91. The summed E-state index contributed by atoms with van der Waals surface area (Å²) in [5.74, 6) is -1.22. The number of aryl methyl sites for hydroxylation is 1. The number of carbonyl (C=O) groups excluding carboxylic acids is 2. The van der Waals surface area contributed by atoms with Crippen molar-refractivity contribution >= 4 is 61.1 Å². The minimum absolute atomic E-state index is 0.0495. The van der Waals surface area contributed by atoms with Crippen LogP contribution in [0.4, 0.5) is 5.00 Å². The number of nitrogens with two attached hydrogens (primary N) is 1. The molecule has 136 valence electrons. The van der Waals surface area contributed by atoms with E-state index in [0.29, 0.717) is 14.9 Å². The Hall–Kier alpha value is -1.46. The van der Waals surface area contributed by atoms with Crippen LogP contribution in [0.25, 0.3) is 0 Å². The van der Waals surface area contributed by atoms with E-state index in [9.17, 15) is 18.0 Å². The Morgan fingerprint density at radius 1 is 1.28 bits per heavy atom. The lowest BCUT2D eigenvalue weighted by molar-refractivity contribution is -0.116. The van der Waals surface area contributed by atoms with E-state index in [2.05, 4.69) is 5.32 Å². The number of likely N-dealkylation sites (N-methyl/N-ethyl adjacent to an activating group) is 1. The van der Waals surface area contributed by atoms with Crippen LogP contribution in [0.3, 0.4) is 0 Å². The summed E-state index contributed by atoms with van der Waals surface area (Å²) < 4.78 is 26.1. The Morgan fingerprint density at radius 3 is 2.44 bits per heavy atom. The highest BCUT2D eigenvalue weighted by Crippen LogP contribution is 2.32. The molecular weight excluding hydrogens is 406 g/mol. The van der Waals surface area contributed by atoms with Crippen LogP contribution in [-0.4, -0.2) is 38.1 Å². The van der Waals surface area contributed by atoms with Gasteiger partial charge in [0.05, 0.1) is 16.4 Å². The molecule has 0 radical (unpaired) electrons. The number of halogens is 1. The predicted molar refractivity (Wildman–Crippen MR) is 100 cm³/mol. The number of hydrogen-bond acceptors (Lipinski definition) is 6. The quantitative estimate of drug-likeness (QED) is 0.746. The second-order valence-electron chi connectivity index (χ2n) is 5.22. The van der Waals surface area contributed by atoms with Gasteiger partial charge in [-0.15, -0.1) is 22.7 Å². The summed E-state index contributed by atoms with van der Waals surface area (Å²) in [5.41, 5.74) is 6.29. The topological polar surface area (TPSA) is 110 Å². The summed E-state index contributed by atoms with van der Waals surface area (Å²) in [6.07, 6.45) is 0. The van der Waals surface area contributed by atoms with E-state index in [-0.39, 0.29) is 9.77 Å². The maximum atomic E-state index is 12.4. The summed E-state index contributed by atoms with van der Waals surface area (Å²) in [4.78, 5) is 24.6. The first-order valence-corrected chi connectivity index (χ1v) is 10.4. The van der Waals surface area contributed by atoms with Gasteiger partial charge >= 0.3 is 0 Å². The van der Waals surface area contributed by atoms with E-state index in [1.54, 1.807) is 13.8 Å². The number of sulfonamides is 1. The third kappa shape index (κ3) is 4.21. The number of primary amides is 1. The normalized spacial score (nSPS) is 11.7. The molecule has 0 aliphatic heterocycles. The third-order valence-corrected chi connectivity index (χ3v) is 8.09. The Morgan fingerprint density at radius 2 is 1.92 bits per heavy atom. The zero-order valence-electron chi connectivity index (χ0n) is 13.6. The number of rotatable bonds is 6. The second kappa shape index (κ2) is 7.42. The molecule has 0 saturated heterocycles. The number of amides is 2. The van der Waals surface area contributed by atoms with Crippen LogP contribution < -0.4 is 11.1 Å². The maximum absolute atomic E-state index is 12.4. The lowest BCUT2D eigenvalue weighted by Gasteiger charge is -2.15. The van der Waals surface area contributed by atoms with Crippen molar-refractivity contribution in [2.45, 2.75) is 18.1 Å². The van der Waals surface area contributed by atoms with E-state index in [1.165, 1.54) is 30.5 Å². The molecule has 0 aliphatic rings. The van der Waals surface area contributed by atoms with Crippen LogP contribution in [0.1, 0.15) is 20.8 Å². The van der Waals surface area contributed by atoms with Gasteiger partial charge in [-0.25, -0.2) is 8.42 Å². The molecule has 0 aromatic carbocycles. The van der Waals surface area contributed by atoms with Gasteiger partial charge in [-0.2, -0.15) is 4.31 Å². The number of hydrogen-bond donors (Lipinski definition) is 2. The molecule has 0 saturated carbocycles. The average molecular weight is 422 g/mol. The summed E-state index contributed by atoms with van der Waals surface area (Å²) in [7, 11) is -2.52. The Balaban J connectivity index is 2.15. The maximum Gasteiger partial charge on any atom is 0.252 e. The molecule has 2 aromatic heterocycles. The molecule has 0 fully saturated rings. The number of anilines is 1. The molecule has 11 heteroatoms. The summed E-state index contributed by atoms with van der Waals surface area (Å²) >= 11 is 7.89. The van der Waals surface area contributed by atoms with Gasteiger partial charge in [0.2, 0.25) is 5.91 Å². The van der Waals surface area contributed by atoms with Crippen molar-refractivity contribution in [2.75, 3.05) is 18.9 Å². The van der Waals surface area contributed by atoms with Crippen molar-refractivity contribution in [2.24, 2.45) is 5.73 Å². The number of nitrogens with zero attached hydrogens (tertiary/aromatic N) is 1. The molecule has 2 aromatic rings. The first-order valence-electron chi connectivity index (χ1n) is 6.95. The molecule has 2 amide bonds. The second-order valence-corrected chi connectivity index (χ2v) is 10.4. The van der Waals surface area contributed by atoms with Crippen LogP contribution in [0.2, 0.25) is 4.34 Å². The van der Waals surface area contributed by atoms with Gasteiger partial charge in [0, 0.05) is 11.9 Å². The van der Waals surface area contributed by atoms with Gasteiger partial charge in [0.1, 0.15) is 9.21 Å². The van der Waals surface area contributed by atoms with Gasteiger partial charge in [-0.05, 0) is 31.5 Å². The number of thiophene rings is 2. The van der Waals surface area contributed by atoms with Crippen LogP contribution in [0.15, 0.2) is 16.3 Å². The third-order valence-electron chi connectivity index (χ3n) is 3.46. The van der Waals surface area contributed by atoms with Gasteiger partial charge in [0.15, 0.2) is 0 Å². The Labute approximate surface area is 158 Å². The van der Waals surface area contributed by atoms with Gasteiger partial charge in [0.25, 0.3) is 15.9 Å². The fraction of sp³-hybridized carbons (Fsp3) is 0.286. The lowest BCUT2D eigenvalue weighted by Crippen LogP contribution is -2.34. The predicted octanol–water partition coefficient (Wildman–Crippen LogP) is 2.44. The van der Waals surface area contributed by atoms with Crippen molar-refractivity contribution in [3.8, 4) is 0 Å². The highest BCUT2D eigenvalue weighted by atomic mass is 35.5. The SMILES string of the molecule is Cc1sc(NC(=O)CN(C)S(=O)(=O)c2ccc(Cl)s2)c(C(N)=O)c1C. The summed E-state index contributed by atoms with van der Waals surface area (Å²) in [6, 6.07) is 2.86. The van der Waals surface area contributed by atoms with Crippen molar-refractivity contribution in [3.63, 3.8) is 0 Å². The van der Waals surface area contributed by atoms with Gasteiger partial charge in [-0.3, -0.25) is 9.59 Å². The van der Waals surface area contributed by atoms with Crippen molar-refractivity contribution in [3.05, 3.63) is 32.5 Å². The molecule has 2 rings (SSSR count). The fourth-order valence-corrected chi connectivity index (χ4v) is 5.96. The summed E-state index contributed by atoms with van der Waals surface area (Å²) in [5, 5.41) is 2.88. The van der Waals surface area contributed by atoms with Gasteiger partial charge in [-0.1, -0.05) is 11.6 Å². The highest BCUT2D eigenvalue weighted by Gasteiger charge is 2.26. The molecule has 0 aliphatic carbocycles. The molecule has 25 heavy (non-hydrogen) atoms. The van der Waals surface area contributed by atoms with Crippen LogP contribution in [0.5, 0.6) is 0 Å². The zero-order chi connectivity index (χ0) is 18.9. The monoisotopic (exact) mass is 421 g/mol. The molecule has 3 N–H and O–H groups in total. The molecule has 0 bridgehead atoms. The van der Waals surface area contributed by atoms with E-state index in [1.807, 2.05) is 0 Å². The van der Waals surface area contributed by atoms with Crippen molar-refractivity contribution < 1.29 is 18.0 Å². The van der Waals surface area contributed by atoms with E-state index < -0.39 is 28.4 Å². The average Bonchev–Trinajstić information content (AvgIpc) is 3.03. The molecule has 0 atom stereocenters. The van der Waals surface area contributed by atoms with Crippen LogP contribution in [-0.2, 0) is 14.8 Å². The molecular formula is C14H16ClN3O4S3. The first kappa shape index (κ1) is 19.9. The minimum atomic E-state index is -3.82. The van der Waals surface area contributed by atoms with Gasteiger partial charge < -0.3 is 11.1 Å². The molecule has 0 spiro atoms. The smallest absolute Gasteiger partial charge is 0.252 e.